The van der Waals surface area contributed by atoms with Gasteiger partial charge in [-0.15, -0.1) is 11.3 Å². The molecule has 1 aromatic carbocycles. The van der Waals surface area contributed by atoms with Crippen molar-refractivity contribution in [3.05, 3.63) is 50.9 Å². The summed E-state index contributed by atoms with van der Waals surface area (Å²) in [4.78, 5) is 2.54. The Morgan fingerprint density at radius 1 is 1.24 bits per heavy atom. The van der Waals surface area contributed by atoms with Gasteiger partial charge in [0, 0.05) is 16.3 Å². The van der Waals surface area contributed by atoms with Crippen molar-refractivity contribution < 1.29 is 4.39 Å². The molecule has 0 radical (unpaired) electrons. The van der Waals surface area contributed by atoms with Gasteiger partial charge in [-0.25, -0.2) is 4.39 Å². The van der Waals surface area contributed by atoms with Crippen LogP contribution in [0.2, 0.25) is 5.02 Å². The highest BCUT2D eigenvalue weighted by Crippen LogP contribution is 2.24. The lowest BCUT2D eigenvalue weighted by molar-refractivity contribution is 0.630. The second-order valence-corrected chi connectivity index (χ2v) is 5.34. The molecule has 0 unspecified atom stereocenters. The first-order valence-electron chi connectivity index (χ1n) is 5.46. The van der Waals surface area contributed by atoms with E-state index in [4.69, 9.17) is 11.6 Å². The molecule has 0 spiro atoms. The lowest BCUT2D eigenvalue weighted by Crippen LogP contribution is -1.99. The van der Waals surface area contributed by atoms with Crippen molar-refractivity contribution in [2.24, 2.45) is 0 Å². The third kappa shape index (κ3) is 2.99. The molecular weight excluding hydrogens is 257 g/mol. The summed E-state index contributed by atoms with van der Waals surface area (Å²) in [5.74, 6) is -0.388. The van der Waals surface area contributed by atoms with E-state index in [-0.39, 0.29) is 10.8 Å². The monoisotopic (exact) mass is 269 g/mol. The number of rotatable bonds is 4. The number of hydrogen-bond donors (Lipinski definition) is 1. The highest BCUT2D eigenvalue weighted by Gasteiger charge is 2.06. The molecule has 1 nitrogen and oxygen atoms in total. The zero-order valence-electron chi connectivity index (χ0n) is 9.47. The predicted molar refractivity (Wildman–Crippen MR) is 72.4 cm³/mol. The zero-order valence-corrected chi connectivity index (χ0v) is 11.0. The minimum absolute atomic E-state index is 0.149. The summed E-state index contributed by atoms with van der Waals surface area (Å²) >= 11 is 7.45. The van der Waals surface area contributed by atoms with Crippen LogP contribution in [0.5, 0.6) is 0 Å². The molecule has 17 heavy (non-hydrogen) atoms. The number of halogens is 2. The largest absolute Gasteiger partial charge is 0.378 e. The average Bonchev–Trinajstić information content (AvgIpc) is 2.79. The fourth-order valence-electron chi connectivity index (χ4n) is 1.53. The van der Waals surface area contributed by atoms with E-state index in [0.717, 1.165) is 6.42 Å². The number of anilines is 1. The van der Waals surface area contributed by atoms with Crippen molar-refractivity contribution >= 4 is 28.6 Å². The Morgan fingerprint density at radius 2 is 2.00 bits per heavy atom. The van der Waals surface area contributed by atoms with Crippen LogP contribution < -0.4 is 5.32 Å². The molecule has 2 aromatic rings. The molecule has 0 saturated heterocycles. The Morgan fingerprint density at radius 3 is 2.71 bits per heavy atom. The van der Waals surface area contributed by atoms with Crippen molar-refractivity contribution in [2.45, 2.75) is 19.9 Å². The summed E-state index contributed by atoms with van der Waals surface area (Å²) in [6, 6.07) is 9.15. The van der Waals surface area contributed by atoms with Crippen LogP contribution in [-0.2, 0) is 13.0 Å². The maximum atomic E-state index is 13.6. The summed E-state index contributed by atoms with van der Waals surface area (Å²) in [5.41, 5.74) is 0.448. The number of thiophene rings is 1. The smallest absolute Gasteiger partial charge is 0.164 e. The first-order valence-corrected chi connectivity index (χ1v) is 6.65. The second-order valence-electron chi connectivity index (χ2n) is 3.68. The second kappa shape index (κ2) is 5.52. The van der Waals surface area contributed by atoms with Gasteiger partial charge in [-0.2, -0.15) is 0 Å². The summed E-state index contributed by atoms with van der Waals surface area (Å²) in [6.07, 6.45) is 1.04. The van der Waals surface area contributed by atoms with Crippen LogP contribution in [-0.4, -0.2) is 0 Å². The molecule has 0 atom stereocenters. The van der Waals surface area contributed by atoms with Gasteiger partial charge in [0.15, 0.2) is 5.82 Å². The van der Waals surface area contributed by atoms with Gasteiger partial charge in [0.25, 0.3) is 0 Å². The standard InChI is InChI=1S/C13H13ClFNS/c1-2-9-6-7-10(17-9)8-16-12-5-3-4-11(14)13(12)15/h3-7,16H,2,8H2,1H3. The van der Waals surface area contributed by atoms with E-state index < -0.39 is 0 Å². The van der Waals surface area contributed by atoms with Crippen molar-refractivity contribution in [3.63, 3.8) is 0 Å². The zero-order chi connectivity index (χ0) is 12.3. The molecule has 2 rings (SSSR count). The topological polar surface area (TPSA) is 12.0 Å². The van der Waals surface area contributed by atoms with Gasteiger partial charge in [-0.1, -0.05) is 24.6 Å². The van der Waals surface area contributed by atoms with Crippen molar-refractivity contribution in [3.8, 4) is 0 Å². The third-order valence-electron chi connectivity index (χ3n) is 2.47. The third-order valence-corrected chi connectivity index (χ3v) is 3.99. The minimum atomic E-state index is -0.388. The SMILES string of the molecule is CCc1ccc(CNc2cccc(Cl)c2F)s1. The number of nitrogens with one attached hydrogen (secondary N) is 1. The quantitative estimate of drug-likeness (QED) is 0.847. The Labute approximate surface area is 109 Å². The van der Waals surface area contributed by atoms with E-state index in [1.165, 1.54) is 9.75 Å². The molecule has 90 valence electrons. The van der Waals surface area contributed by atoms with E-state index >= 15 is 0 Å². The molecule has 0 fully saturated rings. The fraction of sp³-hybridized carbons (Fsp3) is 0.231. The van der Waals surface area contributed by atoms with E-state index in [1.54, 1.807) is 29.5 Å². The summed E-state index contributed by atoms with van der Waals surface area (Å²) in [6.45, 7) is 2.75. The fourth-order valence-corrected chi connectivity index (χ4v) is 2.60. The van der Waals surface area contributed by atoms with Gasteiger partial charge in [0.05, 0.1) is 10.7 Å². The molecule has 1 N–H and O–H groups in total. The number of hydrogen-bond acceptors (Lipinski definition) is 2. The minimum Gasteiger partial charge on any atom is -0.378 e. The molecule has 1 aromatic heterocycles. The van der Waals surface area contributed by atoms with Crippen molar-refractivity contribution in [1.82, 2.24) is 0 Å². The van der Waals surface area contributed by atoms with Crippen LogP contribution >= 0.6 is 22.9 Å². The van der Waals surface area contributed by atoms with E-state index in [2.05, 4.69) is 24.4 Å². The van der Waals surface area contributed by atoms with Crippen molar-refractivity contribution in [1.29, 1.82) is 0 Å². The van der Waals surface area contributed by atoms with Gasteiger partial charge in [-0.05, 0) is 30.7 Å². The van der Waals surface area contributed by atoms with Gasteiger partial charge < -0.3 is 5.32 Å². The average molecular weight is 270 g/mol. The Bertz CT molecular complexity index is 510. The van der Waals surface area contributed by atoms with Gasteiger partial charge in [0.2, 0.25) is 0 Å². The molecule has 0 saturated carbocycles. The maximum absolute atomic E-state index is 13.6. The molecule has 1 heterocycles. The number of aryl methyl sites for hydroxylation is 1. The summed E-state index contributed by atoms with van der Waals surface area (Å²) in [7, 11) is 0. The first kappa shape index (κ1) is 12.4. The highest BCUT2D eigenvalue weighted by molar-refractivity contribution is 7.12. The molecule has 0 bridgehead atoms. The highest BCUT2D eigenvalue weighted by atomic mass is 35.5. The van der Waals surface area contributed by atoms with Gasteiger partial charge >= 0.3 is 0 Å². The maximum Gasteiger partial charge on any atom is 0.164 e. The van der Waals surface area contributed by atoms with Crippen LogP contribution in [0, 0.1) is 5.82 Å². The Hall–Kier alpha value is -1.06. The Kier molecular flexibility index (Phi) is 4.02. The molecule has 4 heteroatoms. The van der Waals surface area contributed by atoms with Crippen LogP contribution in [0.4, 0.5) is 10.1 Å². The van der Waals surface area contributed by atoms with Gasteiger partial charge in [0.1, 0.15) is 0 Å². The molecule has 0 aliphatic carbocycles. The molecule has 0 aliphatic heterocycles. The van der Waals surface area contributed by atoms with Crippen LogP contribution in [0.1, 0.15) is 16.7 Å². The first-order chi connectivity index (χ1) is 8.20. The van der Waals surface area contributed by atoms with Crippen LogP contribution in [0.15, 0.2) is 30.3 Å². The van der Waals surface area contributed by atoms with Crippen LogP contribution in [0.25, 0.3) is 0 Å². The van der Waals surface area contributed by atoms with E-state index in [0.29, 0.717) is 12.2 Å². The predicted octanol–water partition coefficient (Wildman–Crippen LogP) is 4.72. The van der Waals surface area contributed by atoms with Crippen LogP contribution in [0.3, 0.4) is 0 Å². The van der Waals surface area contributed by atoms with Gasteiger partial charge in [-0.3, -0.25) is 0 Å². The summed E-state index contributed by atoms with van der Waals surface area (Å²) in [5, 5.41) is 3.21. The van der Waals surface area contributed by atoms with E-state index in [9.17, 15) is 4.39 Å². The molecule has 0 aliphatic rings. The lowest BCUT2D eigenvalue weighted by Gasteiger charge is -2.06. The molecular formula is C13H13ClFNS. The van der Waals surface area contributed by atoms with E-state index in [1.807, 2.05) is 0 Å². The lowest BCUT2D eigenvalue weighted by atomic mass is 10.3. The number of benzene rings is 1. The molecule has 0 amide bonds. The van der Waals surface area contributed by atoms with Crippen molar-refractivity contribution in [2.75, 3.05) is 5.32 Å². The Balaban J connectivity index is 2.04. The normalized spacial score (nSPS) is 10.5. The summed E-state index contributed by atoms with van der Waals surface area (Å²) < 4.78 is 13.6.